The number of ether oxygens (including phenoxy) is 1. The maximum Gasteiger partial charge on any atom is 0.260 e. The van der Waals surface area contributed by atoms with Crippen molar-refractivity contribution in [3.8, 4) is 11.5 Å². The van der Waals surface area contributed by atoms with Gasteiger partial charge in [0.2, 0.25) is 0 Å². The summed E-state index contributed by atoms with van der Waals surface area (Å²) in [6, 6.07) is 19.0. The van der Waals surface area contributed by atoms with Crippen molar-refractivity contribution in [2.24, 2.45) is 7.05 Å². The van der Waals surface area contributed by atoms with E-state index < -0.39 is 0 Å². The largest absolute Gasteiger partial charge is 0.456 e. The van der Waals surface area contributed by atoms with Gasteiger partial charge in [0.15, 0.2) is 0 Å². The molecule has 2 aromatic carbocycles. The zero-order valence-electron chi connectivity index (χ0n) is 15.2. The van der Waals surface area contributed by atoms with Crippen molar-refractivity contribution < 1.29 is 9.53 Å². The predicted molar refractivity (Wildman–Crippen MR) is 106 cm³/mol. The summed E-state index contributed by atoms with van der Waals surface area (Å²) in [5.74, 6) is 1.32. The Bertz CT molecular complexity index is 1090. The molecule has 0 aliphatic rings. The minimum absolute atomic E-state index is 0.0484. The number of rotatable bonds is 4. The van der Waals surface area contributed by atoms with Gasteiger partial charge in [0, 0.05) is 43.1 Å². The Labute approximate surface area is 157 Å². The number of amides is 1. The molecule has 1 amide bonds. The molecule has 5 nitrogen and oxygen atoms in total. The highest BCUT2D eigenvalue weighted by Gasteiger charge is 2.18. The van der Waals surface area contributed by atoms with Gasteiger partial charge in [-0.05, 0) is 42.5 Å². The molecule has 27 heavy (non-hydrogen) atoms. The summed E-state index contributed by atoms with van der Waals surface area (Å²) < 4.78 is 7.72. The van der Waals surface area contributed by atoms with Gasteiger partial charge >= 0.3 is 0 Å². The Morgan fingerprint density at radius 2 is 1.78 bits per heavy atom. The Morgan fingerprint density at radius 3 is 2.52 bits per heavy atom. The molecule has 0 radical (unpaired) electrons. The normalized spacial score (nSPS) is 10.7. The first-order valence-electron chi connectivity index (χ1n) is 8.63. The lowest BCUT2D eigenvalue weighted by Crippen LogP contribution is -2.25. The molecule has 0 aliphatic heterocycles. The van der Waals surface area contributed by atoms with E-state index in [1.54, 1.807) is 24.3 Å². The Morgan fingerprint density at radius 1 is 1.00 bits per heavy atom. The highest BCUT2D eigenvalue weighted by atomic mass is 16.5. The molecule has 0 aliphatic carbocycles. The number of hydrogen-bond acceptors (Lipinski definition) is 3. The number of fused-ring (bicyclic) bond motifs is 1. The zero-order valence-corrected chi connectivity index (χ0v) is 15.2. The second kappa shape index (κ2) is 6.96. The van der Waals surface area contributed by atoms with Crippen LogP contribution < -0.4 is 9.64 Å². The number of carbonyl (C=O) groups excluding carboxylic acids is 1. The van der Waals surface area contributed by atoms with Gasteiger partial charge in [-0.25, -0.2) is 0 Å². The average molecular weight is 357 g/mol. The number of anilines is 1. The van der Waals surface area contributed by atoms with E-state index in [1.165, 1.54) is 0 Å². The van der Waals surface area contributed by atoms with Crippen LogP contribution in [-0.4, -0.2) is 22.5 Å². The Hall–Kier alpha value is -3.60. The van der Waals surface area contributed by atoms with Crippen molar-refractivity contribution in [3.05, 3.63) is 84.8 Å². The lowest BCUT2D eigenvalue weighted by molar-refractivity contribution is 0.0994. The number of para-hydroxylation sites is 1. The first-order chi connectivity index (χ1) is 13.1. The summed E-state index contributed by atoms with van der Waals surface area (Å²) in [6.45, 7) is 0. The van der Waals surface area contributed by atoms with Gasteiger partial charge in [0.05, 0.1) is 11.8 Å². The van der Waals surface area contributed by atoms with Gasteiger partial charge < -0.3 is 14.2 Å². The molecule has 0 bridgehead atoms. The number of carbonyl (C=O) groups is 1. The first kappa shape index (κ1) is 16.8. The smallest absolute Gasteiger partial charge is 0.260 e. The van der Waals surface area contributed by atoms with Crippen LogP contribution in [0.15, 0.2) is 79.3 Å². The summed E-state index contributed by atoms with van der Waals surface area (Å²) in [5.41, 5.74) is 2.52. The van der Waals surface area contributed by atoms with Gasteiger partial charge in [0.1, 0.15) is 11.5 Å². The van der Waals surface area contributed by atoms with Gasteiger partial charge in [-0.3, -0.25) is 9.78 Å². The highest BCUT2D eigenvalue weighted by Crippen LogP contribution is 2.26. The SMILES string of the molecule is CN(C(=O)c1cn(C)c2ccccc12)c1ccc(Oc2cccnc2)cc1. The molecule has 0 spiro atoms. The zero-order chi connectivity index (χ0) is 18.8. The number of pyridine rings is 1. The summed E-state index contributed by atoms with van der Waals surface area (Å²) in [4.78, 5) is 18.7. The maximum absolute atomic E-state index is 13.0. The minimum atomic E-state index is -0.0484. The van der Waals surface area contributed by atoms with E-state index in [2.05, 4.69) is 4.98 Å². The number of aromatic nitrogens is 2. The lowest BCUT2D eigenvalue weighted by Gasteiger charge is -2.17. The number of hydrogen-bond donors (Lipinski definition) is 0. The Balaban J connectivity index is 1.57. The van der Waals surface area contributed by atoms with Crippen molar-refractivity contribution in [1.29, 1.82) is 0 Å². The predicted octanol–water partition coefficient (Wildman–Crippen LogP) is 4.64. The fourth-order valence-corrected chi connectivity index (χ4v) is 3.09. The van der Waals surface area contributed by atoms with E-state index in [9.17, 15) is 4.79 Å². The van der Waals surface area contributed by atoms with Gasteiger partial charge in [-0.15, -0.1) is 0 Å². The standard InChI is InChI=1S/C22H19N3O2/c1-24-15-20(19-7-3-4-8-21(19)24)22(26)25(2)16-9-11-17(12-10-16)27-18-6-5-13-23-14-18/h3-15H,1-2H3. The molecular formula is C22H19N3O2. The number of nitrogens with zero attached hydrogens (tertiary/aromatic N) is 3. The second-order valence-electron chi connectivity index (χ2n) is 6.32. The molecule has 4 rings (SSSR count). The van der Waals surface area contributed by atoms with E-state index in [1.807, 2.05) is 78.5 Å². The molecule has 0 unspecified atom stereocenters. The molecule has 2 heterocycles. The van der Waals surface area contributed by atoms with Crippen LogP contribution in [0.5, 0.6) is 11.5 Å². The molecule has 134 valence electrons. The fraction of sp³-hybridized carbons (Fsp3) is 0.0909. The topological polar surface area (TPSA) is 47.4 Å². The quantitative estimate of drug-likeness (QED) is 0.534. The van der Waals surface area contributed by atoms with Crippen LogP contribution in [0.2, 0.25) is 0 Å². The van der Waals surface area contributed by atoms with E-state index >= 15 is 0 Å². The lowest BCUT2D eigenvalue weighted by atomic mass is 10.1. The third-order valence-electron chi connectivity index (χ3n) is 4.53. The van der Waals surface area contributed by atoms with E-state index in [-0.39, 0.29) is 5.91 Å². The highest BCUT2D eigenvalue weighted by molar-refractivity contribution is 6.13. The van der Waals surface area contributed by atoms with Gasteiger partial charge in [-0.1, -0.05) is 18.2 Å². The van der Waals surface area contributed by atoms with Crippen LogP contribution in [0.1, 0.15) is 10.4 Å². The minimum Gasteiger partial charge on any atom is -0.456 e. The fourth-order valence-electron chi connectivity index (χ4n) is 3.09. The van der Waals surface area contributed by atoms with Gasteiger partial charge in [-0.2, -0.15) is 0 Å². The Kier molecular flexibility index (Phi) is 4.34. The van der Waals surface area contributed by atoms with Crippen LogP contribution in [-0.2, 0) is 7.05 Å². The monoisotopic (exact) mass is 357 g/mol. The molecule has 0 N–H and O–H groups in total. The van der Waals surface area contributed by atoms with Crippen molar-refractivity contribution in [2.45, 2.75) is 0 Å². The van der Waals surface area contributed by atoms with E-state index in [4.69, 9.17) is 4.74 Å². The second-order valence-corrected chi connectivity index (χ2v) is 6.32. The molecule has 0 saturated heterocycles. The first-order valence-corrected chi connectivity index (χ1v) is 8.63. The van der Waals surface area contributed by atoms with Crippen LogP contribution in [0.4, 0.5) is 5.69 Å². The number of aryl methyl sites for hydroxylation is 1. The van der Waals surface area contributed by atoms with E-state index in [0.717, 1.165) is 16.6 Å². The van der Waals surface area contributed by atoms with Gasteiger partial charge in [0.25, 0.3) is 5.91 Å². The third-order valence-corrected chi connectivity index (χ3v) is 4.53. The molecule has 0 atom stereocenters. The maximum atomic E-state index is 13.0. The van der Waals surface area contributed by atoms with Crippen LogP contribution in [0.25, 0.3) is 10.9 Å². The average Bonchev–Trinajstić information content (AvgIpc) is 3.05. The molecule has 2 aromatic heterocycles. The number of benzene rings is 2. The van der Waals surface area contributed by atoms with Crippen molar-refractivity contribution in [2.75, 3.05) is 11.9 Å². The summed E-state index contributed by atoms with van der Waals surface area (Å²) >= 11 is 0. The third kappa shape index (κ3) is 3.27. The summed E-state index contributed by atoms with van der Waals surface area (Å²) in [7, 11) is 3.73. The van der Waals surface area contributed by atoms with Crippen molar-refractivity contribution >= 4 is 22.5 Å². The molecule has 0 saturated carbocycles. The molecular weight excluding hydrogens is 338 g/mol. The van der Waals surface area contributed by atoms with Crippen LogP contribution in [0.3, 0.4) is 0 Å². The molecule has 0 fully saturated rings. The van der Waals surface area contributed by atoms with E-state index in [0.29, 0.717) is 17.1 Å². The van der Waals surface area contributed by atoms with Crippen LogP contribution >= 0.6 is 0 Å². The van der Waals surface area contributed by atoms with Crippen molar-refractivity contribution in [3.63, 3.8) is 0 Å². The van der Waals surface area contributed by atoms with Crippen LogP contribution in [0, 0.1) is 0 Å². The molecule has 5 heteroatoms. The summed E-state index contributed by atoms with van der Waals surface area (Å²) in [5, 5.41) is 0.952. The molecule has 4 aromatic rings. The van der Waals surface area contributed by atoms with Crippen molar-refractivity contribution in [1.82, 2.24) is 9.55 Å². The summed E-state index contributed by atoms with van der Waals surface area (Å²) in [6.07, 6.45) is 5.23.